The van der Waals surface area contributed by atoms with E-state index >= 15 is 0 Å². The number of aryl methyl sites for hydroxylation is 4. The summed E-state index contributed by atoms with van der Waals surface area (Å²) < 4.78 is 12.5. The Kier molecular flexibility index (Phi) is 11.5. The zero-order valence-electron chi connectivity index (χ0n) is 37.6. The van der Waals surface area contributed by atoms with Gasteiger partial charge in [-0.05, 0) is 96.9 Å². The van der Waals surface area contributed by atoms with Crippen LogP contribution in [0.15, 0.2) is 193 Å². The predicted molar refractivity (Wildman–Crippen MR) is 270 cm³/mol. The first kappa shape index (κ1) is 43.3. The number of rotatable bonds is 8. The van der Waals surface area contributed by atoms with E-state index in [2.05, 4.69) is 133 Å². The molecule has 69 heavy (non-hydrogen) atoms. The van der Waals surface area contributed by atoms with Gasteiger partial charge in [-0.2, -0.15) is 0 Å². The van der Waals surface area contributed by atoms with Crippen LogP contribution >= 0.6 is 0 Å². The first-order valence-corrected chi connectivity index (χ1v) is 22.6. The zero-order chi connectivity index (χ0) is 45.6. The number of pyridine rings is 3. The Bertz CT molecular complexity index is 3950. The van der Waals surface area contributed by atoms with Gasteiger partial charge in [0.1, 0.15) is 0 Å². The summed E-state index contributed by atoms with van der Waals surface area (Å²) >= 11 is 0. The van der Waals surface area contributed by atoms with E-state index in [-0.39, 0.29) is 20.1 Å². The van der Waals surface area contributed by atoms with Crippen molar-refractivity contribution in [3.05, 3.63) is 224 Å². The summed E-state index contributed by atoms with van der Waals surface area (Å²) in [4.78, 5) is 23.4. The second-order valence-electron chi connectivity index (χ2n) is 16.8. The van der Waals surface area contributed by atoms with Gasteiger partial charge >= 0.3 is 20.1 Å². The van der Waals surface area contributed by atoms with Crippen LogP contribution in [0.2, 0.25) is 0 Å². The van der Waals surface area contributed by atoms with Gasteiger partial charge in [0.15, 0.2) is 0 Å². The van der Waals surface area contributed by atoms with E-state index in [4.69, 9.17) is 14.4 Å². The van der Waals surface area contributed by atoms with Gasteiger partial charge in [-0.1, -0.05) is 76.7 Å². The average molecular weight is 1070 g/mol. The number of nitrogens with zero attached hydrogens (tertiary/aromatic N) is 8. The minimum atomic E-state index is 0. The van der Waals surface area contributed by atoms with Crippen molar-refractivity contribution in [3.8, 4) is 50.7 Å². The summed E-state index contributed by atoms with van der Waals surface area (Å²) in [6.45, 7) is 1.96. The first-order chi connectivity index (χ1) is 33.6. The van der Waals surface area contributed by atoms with Gasteiger partial charge in [-0.3, -0.25) is 14.0 Å². The maximum absolute atomic E-state index is 5.95. The normalized spacial score (nSPS) is 11.3. The van der Waals surface area contributed by atoms with Gasteiger partial charge in [0.05, 0.1) is 33.5 Å². The van der Waals surface area contributed by atoms with Crippen molar-refractivity contribution < 1.29 is 24.5 Å². The van der Waals surface area contributed by atoms with Crippen molar-refractivity contribution in [1.82, 2.24) is 38.5 Å². The molecule has 0 aliphatic rings. The van der Waals surface area contributed by atoms with E-state index < -0.39 is 0 Å². The summed E-state index contributed by atoms with van der Waals surface area (Å²) in [6, 6.07) is 66.1. The van der Waals surface area contributed by atoms with E-state index in [0.29, 0.717) is 5.71 Å². The number of hydrogen-bond acceptors (Lipinski definition) is 6. The van der Waals surface area contributed by atoms with E-state index in [1.807, 2.05) is 110 Å². The molecule has 6 aromatic carbocycles. The first-order valence-electron chi connectivity index (χ1n) is 22.6. The Balaban J connectivity index is 0.000000206. The number of imidazole rings is 3. The Morgan fingerprint density at radius 3 is 2.32 bits per heavy atom. The summed E-state index contributed by atoms with van der Waals surface area (Å²) in [5.41, 5.74) is 17.2. The van der Waals surface area contributed by atoms with Gasteiger partial charge in [-0.25, -0.2) is 9.97 Å². The molecular formula is C59H41IrN8O. The summed E-state index contributed by atoms with van der Waals surface area (Å²) in [7, 11) is 1.96. The Hall–Kier alpha value is -8.30. The van der Waals surface area contributed by atoms with Crippen LogP contribution in [0.4, 0.5) is 0 Å². The molecule has 0 radical (unpaired) electrons. The zero-order valence-corrected chi connectivity index (χ0v) is 40.0. The van der Waals surface area contributed by atoms with Crippen LogP contribution in [0.5, 0.6) is 0 Å². The third-order valence-corrected chi connectivity index (χ3v) is 12.5. The SMILES string of the molecule is Cc1ccc2c(n1)oc1c(-c3nccn3C)[c-]ccc12.[Ir+3].[c-]1ccc(-c2cccc3nc4n(-c5ccccc5)c5ccc(CCc6cccnc6-c6[c-]cccc6)cc5n4c23)cc1-c1ccccn1. The van der Waals surface area contributed by atoms with Crippen molar-refractivity contribution in [2.24, 2.45) is 7.05 Å². The van der Waals surface area contributed by atoms with Crippen molar-refractivity contribution >= 4 is 49.9 Å². The van der Waals surface area contributed by atoms with E-state index in [0.717, 1.165) is 113 Å². The Morgan fingerprint density at radius 2 is 1.48 bits per heavy atom. The molecule has 0 aliphatic heterocycles. The molecular weight excluding hydrogens is 1030 g/mol. The topological polar surface area (TPSA) is 91.9 Å². The molecule has 9 nitrogen and oxygen atoms in total. The van der Waals surface area contributed by atoms with E-state index in [9.17, 15) is 0 Å². The van der Waals surface area contributed by atoms with Crippen LogP contribution < -0.4 is 0 Å². The average Bonchev–Trinajstić information content (AvgIpc) is 4.17. The second kappa shape index (κ2) is 18.4. The smallest absolute Gasteiger partial charge is 0.486 e. The van der Waals surface area contributed by atoms with E-state index in [1.54, 1.807) is 6.20 Å². The van der Waals surface area contributed by atoms with E-state index in [1.165, 1.54) is 11.1 Å². The maximum Gasteiger partial charge on any atom is 3.00 e. The number of hydrogen-bond donors (Lipinski definition) is 0. The number of fused-ring (bicyclic) bond motifs is 8. The molecule has 10 heteroatoms. The molecule has 0 saturated heterocycles. The number of para-hydroxylation sites is 2. The van der Waals surface area contributed by atoms with Gasteiger partial charge in [0, 0.05) is 48.6 Å². The molecule has 0 unspecified atom stereocenters. The monoisotopic (exact) mass is 1070 g/mol. The predicted octanol–water partition coefficient (Wildman–Crippen LogP) is 13.1. The number of benzene rings is 6. The molecule has 13 rings (SSSR count). The fourth-order valence-corrected chi connectivity index (χ4v) is 9.25. The van der Waals surface area contributed by atoms with Crippen LogP contribution in [-0.4, -0.2) is 38.5 Å². The molecule has 0 atom stereocenters. The summed E-state index contributed by atoms with van der Waals surface area (Å²) in [5.74, 6) is 1.73. The molecule has 0 saturated carbocycles. The fourth-order valence-electron chi connectivity index (χ4n) is 9.25. The number of aromatic nitrogens is 8. The fraction of sp³-hybridized carbons (Fsp3) is 0.0678. The van der Waals surface area contributed by atoms with Crippen molar-refractivity contribution in [2.75, 3.05) is 0 Å². The molecule has 332 valence electrons. The minimum absolute atomic E-state index is 0. The molecule has 0 N–H and O–H groups in total. The molecule has 0 fully saturated rings. The van der Waals surface area contributed by atoms with Crippen LogP contribution in [0.3, 0.4) is 0 Å². The molecule has 13 aromatic rings. The quantitative estimate of drug-likeness (QED) is 0.141. The largest absolute Gasteiger partial charge is 3.00 e. The molecule has 7 aromatic heterocycles. The third kappa shape index (κ3) is 7.99. The molecule has 0 aliphatic carbocycles. The summed E-state index contributed by atoms with van der Waals surface area (Å²) in [6.07, 6.45) is 9.11. The van der Waals surface area contributed by atoms with Crippen molar-refractivity contribution in [1.29, 1.82) is 0 Å². The van der Waals surface area contributed by atoms with Crippen LogP contribution in [0, 0.1) is 25.1 Å². The molecule has 0 bridgehead atoms. The van der Waals surface area contributed by atoms with Gasteiger partial charge in [0.25, 0.3) is 0 Å². The van der Waals surface area contributed by atoms with Crippen LogP contribution in [0.1, 0.15) is 16.8 Å². The van der Waals surface area contributed by atoms with Crippen molar-refractivity contribution in [3.63, 3.8) is 0 Å². The van der Waals surface area contributed by atoms with Gasteiger partial charge in [0.2, 0.25) is 11.5 Å². The number of furan rings is 1. The standard InChI is InChI=1S/C43H29N5.C16H12N3O.Ir/c1-3-12-31(13-4-1)41-32(16-11-27-45-41)24-22-30-23-25-39-40(28-30)48-42-36(33-14-9-15-34(29-33)37-20-7-8-26-44-37)19-10-21-38(42)46-43(48)47(39)35-17-5-2-6-18-35;1-10-6-7-12-11-4-3-5-13(14(11)20-16(12)18-10)15-17-8-9-19(15)2;/h1-12,14,16-21,23,25-29H,22,24H2;3-4,6-9H,1-2H3;/q-2;-1;+3. The maximum atomic E-state index is 5.95. The van der Waals surface area contributed by atoms with Gasteiger partial charge in [-0.15, -0.1) is 83.9 Å². The molecule has 0 amide bonds. The van der Waals surface area contributed by atoms with Crippen LogP contribution in [0.25, 0.3) is 101 Å². The van der Waals surface area contributed by atoms with Crippen LogP contribution in [-0.2, 0) is 40.0 Å². The Morgan fingerprint density at radius 1 is 0.623 bits per heavy atom. The second-order valence-corrected chi connectivity index (χ2v) is 16.8. The molecule has 7 heterocycles. The van der Waals surface area contributed by atoms with Gasteiger partial charge < -0.3 is 19.0 Å². The van der Waals surface area contributed by atoms with Crippen molar-refractivity contribution in [2.45, 2.75) is 19.8 Å². The summed E-state index contributed by atoms with van der Waals surface area (Å²) in [5, 5.41) is 2.07. The third-order valence-electron chi connectivity index (χ3n) is 12.5. The Labute approximate surface area is 411 Å². The minimum Gasteiger partial charge on any atom is -0.486 e. The molecule has 0 spiro atoms.